The molecule has 2 aliphatic heterocycles. The van der Waals surface area contributed by atoms with Crippen LogP contribution in [0.2, 0.25) is 0 Å². The molecule has 0 radical (unpaired) electrons. The summed E-state index contributed by atoms with van der Waals surface area (Å²) >= 11 is 0. The third-order valence-corrected chi connectivity index (χ3v) is 8.42. The molecular formula is C23H25N5O3S. The summed E-state index contributed by atoms with van der Waals surface area (Å²) in [5.74, 6) is 0.755. The zero-order chi connectivity index (χ0) is 22.3. The van der Waals surface area contributed by atoms with Crippen molar-refractivity contribution in [3.63, 3.8) is 0 Å². The molecule has 2 aromatic rings. The number of nitriles is 1. The van der Waals surface area contributed by atoms with Crippen molar-refractivity contribution < 1.29 is 13.2 Å². The first-order valence-electron chi connectivity index (χ1n) is 11.1. The lowest BCUT2D eigenvalue weighted by Gasteiger charge is -2.41. The summed E-state index contributed by atoms with van der Waals surface area (Å²) in [6.45, 7) is 1.13. The van der Waals surface area contributed by atoms with Gasteiger partial charge in [0.15, 0.2) is 9.84 Å². The normalized spacial score (nSPS) is 22.6. The van der Waals surface area contributed by atoms with Crippen molar-refractivity contribution in [2.75, 3.05) is 23.7 Å². The number of piperazine rings is 1. The number of sulfone groups is 1. The number of nitrogens with zero attached hydrogens (tertiary/aromatic N) is 5. The molecule has 1 amide bonds. The van der Waals surface area contributed by atoms with E-state index in [-0.39, 0.29) is 41.0 Å². The van der Waals surface area contributed by atoms with Crippen LogP contribution in [0.25, 0.3) is 0 Å². The molecule has 5 rings (SSSR count). The van der Waals surface area contributed by atoms with E-state index in [2.05, 4.69) is 20.9 Å². The Morgan fingerprint density at radius 1 is 1.09 bits per heavy atom. The highest BCUT2D eigenvalue weighted by molar-refractivity contribution is 7.91. The van der Waals surface area contributed by atoms with Crippen LogP contribution < -0.4 is 4.90 Å². The Hall–Kier alpha value is -2.99. The number of likely N-dealkylation sites (tertiary alicyclic amines) is 1. The van der Waals surface area contributed by atoms with Crippen LogP contribution in [0.3, 0.4) is 0 Å². The Morgan fingerprint density at radius 3 is 2.47 bits per heavy atom. The largest absolute Gasteiger partial charge is 0.347 e. The van der Waals surface area contributed by atoms with Gasteiger partial charge in [-0.2, -0.15) is 5.26 Å². The van der Waals surface area contributed by atoms with Crippen molar-refractivity contribution >= 4 is 21.6 Å². The molecule has 0 N–H and O–H groups in total. The molecule has 9 heteroatoms. The zero-order valence-electron chi connectivity index (χ0n) is 17.7. The number of hydrogen-bond donors (Lipinski definition) is 0. The van der Waals surface area contributed by atoms with Crippen LogP contribution in [0.4, 0.5) is 5.82 Å². The van der Waals surface area contributed by atoms with E-state index in [1.54, 1.807) is 30.6 Å². The zero-order valence-corrected chi connectivity index (χ0v) is 18.5. The van der Waals surface area contributed by atoms with Crippen molar-refractivity contribution in [3.8, 4) is 6.07 Å². The number of pyridine rings is 2. The van der Waals surface area contributed by atoms with E-state index in [0.29, 0.717) is 24.3 Å². The molecule has 2 unspecified atom stereocenters. The lowest BCUT2D eigenvalue weighted by Crippen LogP contribution is -2.55. The minimum Gasteiger partial charge on any atom is -0.347 e. The van der Waals surface area contributed by atoms with E-state index in [1.807, 2.05) is 11.0 Å². The van der Waals surface area contributed by atoms with E-state index in [0.717, 1.165) is 31.5 Å². The number of carbonyl (C=O) groups is 1. The highest BCUT2D eigenvalue weighted by Gasteiger charge is 2.42. The van der Waals surface area contributed by atoms with E-state index >= 15 is 0 Å². The van der Waals surface area contributed by atoms with Crippen LogP contribution in [0, 0.1) is 11.3 Å². The van der Waals surface area contributed by atoms with Gasteiger partial charge in [-0.15, -0.1) is 0 Å². The number of carbonyl (C=O) groups excluding carboxylic acids is 1. The summed E-state index contributed by atoms with van der Waals surface area (Å²) in [6.07, 6.45) is 7.07. The first-order valence-corrected chi connectivity index (χ1v) is 12.7. The third kappa shape index (κ3) is 3.95. The minimum absolute atomic E-state index is 0.0180. The van der Waals surface area contributed by atoms with Crippen molar-refractivity contribution in [1.29, 1.82) is 5.26 Å². The van der Waals surface area contributed by atoms with E-state index in [1.165, 1.54) is 0 Å². The second-order valence-electron chi connectivity index (χ2n) is 8.84. The summed E-state index contributed by atoms with van der Waals surface area (Å²) in [6, 6.07) is 9.29. The highest BCUT2D eigenvalue weighted by atomic mass is 32.2. The van der Waals surface area contributed by atoms with Gasteiger partial charge in [0.2, 0.25) is 5.91 Å². The van der Waals surface area contributed by atoms with Crippen LogP contribution >= 0.6 is 0 Å². The summed E-state index contributed by atoms with van der Waals surface area (Å²) in [5, 5.41) is 8.98. The molecule has 4 heterocycles. The maximum absolute atomic E-state index is 13.0. The number of aromatic nitrogens is 2. The standard InChI is InChI=1S/C23H25N5O3S/c24-12-16-3-8-21(26-13-16)28-18-6-7-19(28)15-27(14-18)22(29)9-11-32(30,31)20-2-1-10-25-23(20)17-4-5-17/h1-3,8,10,13,17-19H,4-7,9,11,14-15H2. The van der Waals surface area contributed by atoms with Gasteiger partial charge in [-0.25, -0.2) is 13.4 Å². The molecule has 8 nitrogen and oxygen atoms in total. The number of amides is 1. The molecule has 1 saturated carbocycles. The van der Waals surface area contributed by atoms with E-state index in [4.69, 9.17) is 5.26 Å². The van der Waals surface area contributed by atoms with Crippen molar-refractivity contribution in [3.05, 3.63) is 47.9 Å². The van der Waals surface area contributed by atoms with Crippen molar-refractivity contribution in [1.82, 2.24) is 14.9 Å². The second-order valence-corrected chi connectivity index (χ2v) is 10.9. The Balaban J connectivity index is 1.23. The summed E-state index contributed by atoms with van der Waals surface area (Å²) in [7, 11) is -3.56. The van der Waals surface area contributed by atoms with Crippen LogP contribution in [-0.4, -0.2) is 60.1 Å². The van der Waals surface area contributed by atoms with E-state index in [9.17, 15) is 13.2 Å². The highest BCUT2D eigenvalue weighted by Crippen LogP contribution is 2.41. The monoisotopic (exact) mass is 451 g/mol. The fourth-order valence-corrected chi connectivity index (χ4v) is 6.39. The Labute approximate surface area is 187 Å². The van der Waals surface area contributed by atoms with Gasteiger partial charge >= 0.3 is 0 Å². The molecule has 3 aliphatic rings. The molecule has 0 spiro atoms. The summed E-state index contributed by atoms with van der Waals surface area (Å²) in [5.41, 5.74) is 1.18. The Morgan fingerprint density at radius 2 is 1.84 bits per heavy atom. The fourth-order valence-electron chi connectivity index (χ4n) is 4.90. The maximum Gasteiger partial charge on any atom is 0.223 e. The van der Waals surface area contributed by atoms with Gasteiger partial charge in [0.25, 0.3) is 0 Å². The topological polar surface area (TPSA) is 107 Å². The van der Waals surface area contributed by atoms with Gasteiger partial charge in [0.1, 0.15) is 11.9 Å². The quantitative estimate of drug-likeness (QED) is 0.663. The van der Waals surface area contributed by atoms with Crippen LogP contribution in [-0.2, 0) is 14.6 Å². The van der Waals surface area contributed by atoms with Gasteiger partial charge < -0.3 is 9.80 Å². The van der Waals surface area contributed by atoms with Crippen LogP contribution in [0.1, 0.15) is 49.3 Å². The third-order valence-electron chi connectivity index (χ3n) is 6.66. The van der Waals surface area contributed by atoms with E-state index < -0.39 is 9.84 Å². The molecule has 2 aromatic heterocycles. The molecular weight excluding hydrogens is 426 g/mol. The molecule has 3 fully saturated rings. The van der Waals surface area contributed by atoms with Gasteiger partial charge in [0.05, 0.1) is 21.9 Å². The maximum atomic E-state index is 13.0. The molecule has 1 aliphatic carbocycles. The molecule has 0 aromatic carbocycles. The van der Waals surface area contributed by atoms with Gasteiger partial charge in [-0.3, -0.25) is 9.78 Å². The minimum atomic E-state index is -3.56. The Kier molecular flexibility index (Phi) is 5.33. The second kappa shape index (κ2) is 8.17. The molecule has 2 atom stereocenters. The number of hydrogen-bond acceptors (Lipinski definition) is 7. The lowest BCUT2D eigenvalue weighted by molar-refractivity contribution is -0.131. The SMILES string of the molecule is N#Cc1ccc(N2C3CCC2CN(C(=O)CCS(=O)(=O)c2cccnc2C2CC2)C3)nc1. The average Bonchev–Trinajstić information content (AvgIpc) is 3.63. The molecule has 32 heavy (non-hydrogen) atoms. The van der Waals surface area contributed by atoms with Crippen molar-refractivity contribution in [2.45, 2.75) is 55.0 Å². The van der Waals surface area contributed by atoms with Gasteiger partial charge in [-0.1, -0.05) is 0 Å². The van der Waals surface area contributed by atoms with Crippen molar-refractivity contribution in [2.24, 2.45) is 0 Å². The van der Waals surface area contributed by atoms with Crippen LogP contribution in [0.5, 0.6) is 0 Å². The predicted octanol–water partition coefficient (Wildman–Crippen LogP) is 2.27. The molecule has 2 bridgehead atoms. The average molecular weight is 452 g/mol. The van der Waals surface area contributed by atoms with Gasteiger partial charge in [0, 0.05) is 49.9 Å². The number of rotatable bonds is 6. The fraction of sp³-hybridized carbons (Fsp3) is 0.478. The summed E-state index contributed by atoms with van der Waals surface area (Å²) < 4.78 is 25.9. The lowest BCUT2D eigenvalue weighted by atomic mass is 10.1. The first kappa shape index (κ1) is 20.9. The van der Waals surface area contributed by atoms with Gasteiger partial charge in [-0.05, 0) is 49.9 Å². The smallest absolute Gasteiger partial charge is 0.223 e. The van der Waals surface area contributed by atoms with Crippen LogP contribution in [0.15, 0.2) is 41.6 Å². The molecule has 166 valence electrons. The Bertz CT molecular complexity index is 1160. The number of fused-ring (bicyclic) bond motifs is 2. The first-order chi connectivity index (χ1) is 15.5. The molecule has 2 saturated heterocycles. The number of anilines is 1. The predicted molar refractivity (Wildman–Crippen MR) is 118 cm³/mol. The summed E-state index contributed by atoms with van der Waals surface area (Å²) in [4.78, 5) is 26.0.